The predicted octanol–water partition coefficient (Wildman–Crippen LogP) is 0.260. The van der Waals surface area contributed by atoms with E-state index < -0.39 is 10.2 Å². The largest absolute Gasteiger partial charge is 0.399 e. The Balaban J connectivity index is 0.00000280. The lowest BCUT2D eigenvalue weighted by Gasteiger charge is -2.39. The Morgan fingerprint density at radius 3 is 2.07 bits per heavy atom. The number of benzene rings is 1. The molecule has 8 nitrogen and oxygen atoms in total. The number of likely N-dealkylation sites (N-methyl/N-ethyl adjacent to an activating group) is 1. The summed E-state index contributed by atoms with van der Waals surface area (Å²) in [6.45, 7) is 4.14. The van der Waals surface area contributed by atoms with Gasteiger partial charge in [0.2, 0.25) is 5.91 Å². The first kappa shape index (κ1) is 22.9. The molecule has 28 heavy (non-hydrogen) atoms. The number of halogens is 1. The van der Waals surface area contributed by atoms with Gasteiger partial charge in [-0.05, 0) is 25.1 Å². The van der Waals surface area contributed by atoms with Crippen molar-refractivity contribution >= 4 is 34.2 Å². The summed E-state index contributed by atoms with van der Waals surface area (Å²) in [5.74, 6) is 0.0508. The van der Waals surface area contributed by atoms with Crippen LogP contribution >= 0.6 is 12.4 Å². The highest BCUT2D eigenvalue weighted by atomic mass is 35.5. The van der Waals surface area contributed by atoms with Crippen LogP contribution in [0.5, 0.6) is 0 Å². The van der Waals surface area contributed by atoms with E-state index in [9.17, 15) is 13.2 Å². The minimum atomic E-state index is -3.43. The van der Waals surface area contributed by atoms with E-state index in [1.54, 1.807) is 9.21 Å². The van der Waals surface area contributed by atoms with Crippen LogP contribution in [-0.2, 0) is 21.4 Å². The summed E-state index contributed by atoms with van der Waals surface area (Å²) in [7, 11) is -1.44. The van der Waals surface area contributed by atoms with Crippen molar-refractivity contribution in [1.82, 2.24) is 18.4 Å². The Labute approximate surface area is 173 Å². The minimum absolute atomic E-state index is 0. The number of carbonyl (C=O) groups is 1. The van der Waals surface area contributed by atoms with E-state index in [-0.39, 0.29) is 18.3 Å². The lowest BCUT2D eigenvalue weighted by atomic mass is 10.1. The van der Waals surface area contributed by atoms with Crippen molar-refractivity contribution in [2.24, 2.45) is 0 Å². The van der Waals surface area contributed by atoms with E-state index >= 15 is 0 Å². The molecule has 1 aromatic carbocycles. The van der Waals surface area contributed by atoms with Gasteiger partial charge >= 0.3 is 0 Å². The lowest BCUT2D eigenvalue weighted by Crippen LogP contribution is -2.57. The summed E-state index contributed by atoms with van der Waals surface area (Å²) in [6.07, 6.45) is 0.991. The molecule has 2 heterocycles. The van der Waals surface area contributed by atoms with Crippen molar-refractivity contribution < 1.29 is 13.2 Å². The molecule has 2 N–H and O–H groups in total. The van der Waals surface area contributed by atoms with E-state index in [1.807, 2.05) is 31.3 Å². The molecular formula is C18H30ClN5O3S. The second-order valence-electron chi connectivity index (χ2n) is 7.19. The van der Waals surface area contributed by atoms with E-state index in [1.165, 1.54) is 4.31 Å². The maximum absolute atomic E-state index is 12.8. The van der Waals surface area contributed by atoms with E-state index in [2.05, 4.69) is 4.90 Å². The van der Waals surface area contributed by atoms with Gasteiger partial charge in [-0.2, -0.15) is 17.0 Å². The molecule has 0 aliphatic carbocycles. The zero-order valence-electron chi connectivity index (χ0n) is 16.3. The number of amides is 1. The summed E-state index contributed by atoms with van der Waals surface area (Å²) in [4.78, 5) is 16.4. The first-order valence-corrected chi connectivity index (χ1v) is 10.8. The third-order valence-electron chi connectivity index (χ3n) is 5.37. The van der Waals surface area contributed by atoms with Crippen LogP contribution in [0.4, 0.5) is 5.69 Å². The van der Waals surface area contributed by atoms with Gasteiger partial charge in [0.1, 0.15) is 0 Å². The zero-order chi connectivity index (χ0) is 19.4. The Hall–Kier alpha value is -1.39. The van der Waals surface area contributed by atoms with Crippen LogP contribution in [0.15, 0.2) is 24.3 Å². The molecule has 3 rings (SSSR count). The van der Waals surface area contributed by atoms with Crippen LogP contribution in [0.2, 0.25) is 0 Å². The molecule has 2 aliphatic rings. The van der Waals surface area contributed by atoms with Gasteiger partial charge in [0.15, 0.2) is 0 Å². The molecule has 0 atom stereocenters. The molecule has 0 aromatic heterocycles. The Morgan fingerprint density at radius 2 is 1.50 bits per heavy atom. The molecule has 10 heteroatoms. The van der Waals surface area contributed by atoms with Crippen LogP contribution in [0.25, 0.3) is 0 Å². The third-order valence-corrected chi connectivity index (χ3v) is 7.40. The molecule has 1 aromatic rings. The van der Waals surface area contributed by atoms with Gasteiger partial charge in [0.05, 0.1) is 0 Å². The molecule has 0 unspecified atom stereocenters. The zero-order valence-corrected chi connectivity index (χ0v) is 17.9. The second-order valence-corrected chi connectivity index (χ2v) is 9.12. The third kappa shape index (κ3) is 5.36. The molecule has 0 spiro atoms. The van der Waals surface area contributed by atoms with Gasteiger partial charge in [0.25, 0.3) is 10.2 Å². The number of para-hydroxylation sites is 1. The molecule has 0 saturated carbocycles. The average Bonchev–Trinajstić information content (AvgIpc) is 2.67. The molecular weight excluding hydrogens is 402 g/mol. The molecule has 1 amide bonds. The van der Waals surface area contributed by atoms with Crippen molar-refractivity contribution in [2.75, 3.05) is 65.1 Å². The summed E-state index contributed by atoms with van der Waals surface area (Å²) in [5, 5.41) is 0. The summed E-state index contributed by atoms with van der Waals surface area (Å²) < 4.78 is 28.6. The maximum Gasteiger partial charge on any atom is 0.282 e. The number of carbonyl (C=O) groups excluding carboxylic acids is 1. The number of anilines is 1. The van der Waals surface area contributed by atoms with Crippen LogP contribution in [-0.4, -0.2) is 92.1 Å². The van der Waals surface area contributed by atoms with Crippen LogP contribution in [0, 0.1) is 0 Å². The highest BCUT2D eigenvalue weighted by Crippen LogP contribution is 2.17. The normalized spacial score (nSPS) is 20.0. The topological polar surface area (TPSA) is 90.2 Å². The van der Waals surface area contributed by atoms with Gasteiger partial charge in [-0.15, -0.1) is 12.4 Å². The monoisotopic (exact) mass is 431 g/mol. The Kier molecular flexibility index (Phi) is 8.08. The highest BCUT2D eigenvalue weighted by Gasteiger charge is 2.34. The lowest BCUT2D eigenvalue weighted by molar-refractivity contribution is -0.132. The predicted molar refractivity (Wildman–Crippen MR) is 113 cm³/mol. The van der Waals surface area contributed by atoms with Gasteiger partial charge in [-0.1, -0.05) is 18.2 Å². The fraction of sp³-hybridized carbons (Fsp3) is 0.611. The van der Waals surface area contributed by atoms with Gasteiger partial charge in [-0.3, -0.25) is 4.79 Å². The maximum atomic E-state index is 12.8. The molecule has 2 aliphatic heterocycles. The van der Waals surface area contributed by atoms with Crippen molar-refractivity contribution in [1.29, 1.82) is 0 Å². The fourth-order valence-electron chi connectivity index (χ4n) is 3.51. The molecule has 0 radical (unpaired) electrons. The van der Waals surface area contributed by atoms with Gasteiger partial charge < -0.3 is 15.5 Å². The quantitative estimate of drug-likeness (QED) is 0.675. The minimum Gasteiger partial charge on any atom is -0.399 e. The van der Waals surface area contributed by atoms with Crippen molar-refractivity contribution in [3.8, 4) is 0 Å². The van der Waals surface area contributed by atoms with Crippen LogP contribution < -0.4 is 5.73 Å². The fourth-order valence-corrected chi connectivity index (χ4v) is 5.09. The molecule has 2 saturated heterocycles. The first-order chi connectivity index (χ1) is 12.9. The number of aryl methyl sites for hydroxylation is 1. The number of nitrogens with zero attached hydrogens (tertiary/aromatic N) is 4. The molecule has 0 bridgehead atoms. The molecule has 2 fully saturated rings. The summed E-state index contributed by atoms with van der Waals surface area (Å²) in [6, 6.07) is 7.56. The van der Waals surface area contributed by atoms with Crippen molar-refractivity contribution in [3.05, 3.63) is 29.8 Å². The first-order valence-electron chi connectivity index (χ1n) is 9.43. The highest BCUT2D eigenvalue weighted by molar-refractivity contribution is 7.86. The van der Waals surface area contributed by atoms with Crippen molar-refractivity contribution in [3.63, 3.8) is 0 Å². The SMILES string of the molecule is CN1CCN(S(=O)(=O)N2CCN(C(=O)CCc3ccccc3N)CC2)CC1.Cl. The Morgan fingerprint density at radius 1 is 0.964 bits per heavy atom. The van der Waals surface area contributed by atoms with E-state index in [0.29, 0.717) is 57.8 Å². The number of nitrogen functional groups attached to an aromatic ring is 1. The Bertz CT molecular complexity index is 760. The number of hydrogen-bond acceptors (Lipinski definition) is 5. The molecule has 158 valence electrons. The van der Waals surface area contributed by atoms with E-state index in [0.717, 1.165) is 18.7 Å². The smallest absolute Gasteiger partial charge is 0.282 e. The van der Waals surface area contributed by atoms with E-state index in [4.69, 9.17) is 5.73 Å². The number of hydrogen-bond donors (Lipinski definition) is 1. The number of nitrogens with two attached hydrogens (primary N) is 1. The summed E-state index contributed by atoms with van der Waals surface area (Å²) >= 11 is 0. The summed E-state index contributed by atoms with van der Waals surface area (Å²) in [5.41, 5.74) is 7.60. The van der Waals surface area contributed by atoms with Crippen LogP contribution in [0.3, 0.4) is 0 Å². The second kappa shape index (κ2) is 9.89. The number of piperazine rings is 2. The standard InChI is InChI=1S/C18H29N5O3S.ClH/c1-20-8-12-22(13-9-20)27(25,26)23-14-10-21(11-15-23)18(24)7-6-16-4-2-3-5-17(16)19;/h2-5H,6-15,19H2,1H3;1H. The van der Waals surface area contributed by atoms with Crippen molar-refractivity contribution in [2.45, 2.75) is 12.8 Å². The number of rotatable bonds is 5. The van der Waals surface area contributed by atoms with Gasteiger partial charge in [-0.25, -0.2) is 0 Å². The van der Waals surface area contributed by atoms with Gasteiger partial charge in [0, 0.05) is 64.5 Å². The average molecular weight is 432 g/mol. The van der Waals surface area contributed by atoms with Crippen LogP contribution in [0.1, 0.15) is 12.0 Å².